The average molecular weight is 324 g/mol. The number of benzene rings is 1. The van der Waals surface area contributed by atoms with Gasteiger partial charge in [-0.25, -0.2) is 9.97 Å². The molecule has 1 aromatic carbocycles. The van der Waals surface area contributed by atoms with Crippen molar-refractivity contribution < 1.29 is 4.74 Å². The summed E-state index contributed by atoms with van der Waals surface area (Å²) < 4.78 is 5.84. The predicted molar refractivity (Wildman–Crippen MR) is 95.0 cm³/mol. The van der Waals surface area contributed by atoms with Gasteiger partial charge in [0.15, 0.2) is 5.82 Å². The molecule has 0 radical (unpaired) electrons. The summed E-state index contributed by atoms with van der Waals surface area (Å²) in [6.07, 6.45) is 4.84. The number of rotatable bonds is 4. The third kappa shape index (κ3) is 3.42. The van der Waals surface area contributed by atoms with Crippen molar-refractivity contribution in [3.05, 3.63) is 41.6 Å². The van der Waals surface area contributed by atoms with Crippen LogP contribution >= 0.6 is 0 Å². The lowest BCUT2D eigenvalue weighted by atomic mass is 10.1. The Kier molecular flexibility index (Phi) is 4.71. The second-order valence-electron chi connectivity index (χ2n) is 6.48. The molecule has 0 aliphatic carbocycles. The van der Waals surface area contributed by atoms with Gasteiger partial charge in [0, 0.05) is 30.8 Å². The smallest absolute Gasteiger partial charge is 0.161 e. The summed E-state index contributed by atoms with van der Waals surface area (Å²) in [4.78, 5) is 9.63. The second kappa shape index (κ2) is 7.28. The molecule has 1 saturated heterocycles. The van der Waals surface area contributed by atoms with Crippen LogP contribution in [0.3, 0.4) is 0 Å². The van der Waals surface area contributed by atoms with Crippen molar-refractivity contribution in [2.24, 2.45) is 0 Å². The van der Waals surface area contributed by atoms with Crippen molar-refractivity contribution in [1.29, 1.82) is 0 Å². The lowest BCUT2D eigenvalue weighted by molar-refractivity contribution is 0.0247. The molecule has 1 unspecified atom stereocenters. The van der Waals surface area contributed by atoms with E-state index in [0.29, 0.717) is 6.10 Å². The Balaban J connectivity index is 1.61. The van der Waals surface area contributed by atoms with E-state index in [1.54, 1.807) is 0 Å². The van der Waals surface area contributed by atoms with Crippen LogP contribution in [0.15, 0.2) is 30.3 Å². The highest BCUT2D eigenvalue weighted by Gasteiger charge is 2.20. The Morgan fingerprint density at radius 1 is 1.17 bits per heavy atom. The van der Waals surface area contributed by atoms with Crippen molar-refractivity contribution in [1.82, 2.24) is 15.3 Å². The number of anilines is 1. The molecular formula is C19H24N4O. The molecule has 1 atom stereocenters. The SMILES string of the molecule is c1ccc(-c2nc3c(c(NCC4CCCCO4)n2)CCNC3)cc1. The van der Waals surface area contributed by atoms with Crippen LogP contribution in [0, 0.1) is 0 Å². The number of hydrogen-bond acceptors (Lipinski definition) is 5. The molecule has 0 bridgehead atoms. The summed E-state index contributed by atoms with van der Waals surface area (Å²) in [5.74, 6) is 1.78. The Hall–Kier alpha value is -1.98. The maximum Gasteiger partial charge on any atom is 0.161 e. The zero-order valence-electron chi connectivity index (χ0n) is 13.9. The fourth-order valence-corrected chi connectivity index (χ4v) is 3.40. The molecule has 24 heavy (non-hydrogen) atoms. The highest BCUT2D eigenvalue weighted by molar-refractivity contribution is 5.60. The third-order valence-corrected chi connectivity index (χ3v) is 4.74. The van der Waals surface area contributed by atoms with E-state index in [0.717, 1.165) is 62.0 Å². The maximum atomic E-state index is 5.84. The van der Waals surface area contributed by atoms with Gasteiger partial charge in [0.1, 0.15) is 5.82 Å². The molecule has 5 heteroatoms. The fraction of sp³-hybridized carbons (Fsp3) is 0.474. The van der Waals surface area contributed by atoms with Crippen molar-refractivity contribution in [3.63, 3.8) is 0 Å². The summed E-state index contributed by atoms with van der Waals surface area (Å²) in [5.41, 5.74) is 3.43. The summed E-state index contributed by atoms with van der Waals surface area (Å²) >= 11 is 0. The molecule has 5 nitrogen and oxygen atoms in total. The van der Waals surface area contributed by atoms with E-state index >= 15 is 0 Å². The maximum absolute atomic E-state index is 5.84. The first kappa shape index (κ1) is 15.5. The number of nitrogens with zero attached hydrogens (tertiary/aromatic N) is 2. The van der Waals surface area contributed by atoms with Crippen molar-refractivity contribution in [3.8, 4) is 11.4 Å². The zero-order valence-corrected chi connectivity index (χ0v) is 13.9. The Bertz CT molecular complexity index is 683. The molecule has 2 aliphatic heterocycles. The topological polar surface area (TPSA) is 59.1 Å². The highest BCUT2D eigenvalue weighted by Crippen LogP contribution is 2.25. The van der Waals surface area contributed by atoms with E-state index in [1.165, 1.54) is 18.4 Å². The molecule has 4 rings (SSSR count). The molecule has 126 valence electrons. The lowest BCUT2D eigenvalue weighted by Gasteiger charge is -2.25. The van der Waals surface area contributed by atoms with E-state index in [9.17, 15) is 0 Å². The van der Waals surface area contributed by atoms with Gasteiger partial charge in [0.05, 0.1) is 11.8 Å². The lowest BCUT2D eigenvalue weighted by Crippen LogP contribution is -2.30. The number of nitrogens with one attached hydrogen (secondary N) is 2. The quantitative estimate of drug-likeness (QED) is 0.906. The van der Waals surface area contributed by atoms with E-state index in [1.807, 2.05) is 18.2 Å². The van der Waals surface area contributed by atoms with Crippen LogP contribution < -0.4 is 10.6 Å². The molecule has 1 fully saturated rings. The number of ether oxygens (including phenoxy) is 1. The van der Waals surface area contributed by atoms with Gasteiger partial charge in [0.2, 0.25) is 0 Å². The normalized spacial score (nSPS) is 20.4. The van der Waals surface area contributed by atoms with Gasteiger partial charge in [-0.3, -0.25) is 0 Å². The van der Waals surface area contributed by atoms with Crippen molar-refractivity contribution in [2.45, 2.75) is 38.3 Å². The first-order valence-electron chi connectivity index (χ1n) is 8.91. The standard InChI is InChI=1S/C19H24N4O/c1-2-6-14(7-3-1)18-22-17-13-20-10-9-16(17)19(23-18)21-12-15-8-4-5-11-24-15/h1-3,6-7,15,20H,4-5,8-13H2,(H,21,22,23). The van der Waals surface area contributed by atoms with Crippen LogP contribution in [-0.2, 0) is 17.7 Å². The molecule has 0 saturated carbocycles. The van der Waals surface area contributed by atoms with E-state index in [4.69, 9.17) is 14.7 Å². The van der Waals surface area contributed by atoms with Gasteiger partial charge in [-0.05, 0) is 32.2 Å². The Morgan fingerprint density at radius 3 is 2.92 bits per heavy atom. The molecule has 3 heterocycles. The first-order chi connectivity index (χ1) is 11.9. The molecular weight excluding hydrogens is 300 g/mol. The minimum Gasteiger partial charge on any atom is -0.376 e. The second-order valence-corrected chi connectivity index (χ2v) is 6.48. The van der Waals surface area contributed by atoms with Crippen LogP contribution in [0.25, 0.3) is 11.4 Å². The Morgan fingerprint density at radius 2 is 2.08 bits per heavy atom. The summed E-state index contributed by atoms with van der Waals surface area (Å²) in [7, 11) is 0. The minimum absolute atomic E-state index is 0.297. The zero-order chi connectivity index (χ0) is 16.2. The van der Waals surface area contributed by atoms with Crippen molar-refractivity contribution in [2.75, 3.05) is 25.0 Å². The van der Waals surface area contributed by atoms with Gasteiger partial charge < -0.3 is 15.4 Å². The largest absolute Gasteiger partial charge is 0.376 e. The summed E-state index contributed by atoms with van der Waals surface area (Å²) in [5, 5.41) is 6.96. The van der Waals surface area contributed by atoms with Gasteiger partial charge in [-0.2, -0.15) is 0 Å². The molecule has 1 aromatic heterocycles. The van der Waals surface area contributed by atoms with Gasteiger partial charge >= 0.3 is 0 Å². The summed E-state index contributed by atoms with van der Waals surface area (Å²) in [6.45, 7) is 3.50. The van der Waals surface area contributed by atoms with Gasteiger partial charge in [-0.15, -0.1) is 0 Å². The number of fused-ring (bicyclic) bond motifs is 1. The molecule has 0 spiro atoms. The van der Waals surface area contributed by atoms with E-state index < -0.39 is 0 Å². The Labute approximate surface area is 142 Å². The fourth-order valence-electron chi connectivity index (χ4n) is 3.40. The highest BCUT2D eigenvalue weighted by atomic mass is 16.5. The number of hydrogen-bond donors (Lipinski definition) is 2. The minimum atomic E-state index is 0.297. The van der Waals surface area contributed by atoms with Crippen LogP contribution in [-0.4, -0.2) is 35.8 Å². The van der Waals surface area contributed by atoms with Crippen molar-refractivity contribution >= 4 is 5.82 Å². The average Bonchev–Trinajstić information content (AvgIpc) is 2.67. The van der Waals surface area contributed by atoms with Crippen LogP contribution in [0.4, 0.5) is 5.82 Å². The van der Waals surface area contributed by atoms with Gasteiger partial charge in [0.25, 0.3) is 0 Å². The predicted octanol–water partition coefficient (Wildman–Crippen LogP) is 2.77. The molecule has 2 N–H and O–H groups in total. The number of aromatic nitrogens is 2. The molecule has 2 aromatic rings. The summed E-state index contributed by atoms with van der Waals surface area (Å²) in [6, 6.07) is 10.2. The van der Waals surface area contributed by atoms with Crippen LogP contribution in [0.1, 0.15) is 30.5 Å². The van der Waals surface area contributed by atoms with E-state index in [2.05, 4.69) is 22.8 Å². The van der Waals surface area contributed by atoms with Crippen LogP contribution in [0.2, 0.25) is 0 Å². The first-order valence-corrected chi connectivity index (χ1v) is 8.91. The van der Waals surface area contributed by atoms with E-state index in [-0.39, 0.29) is 0 Å². The molecule has 2 aliphatic rings. The van der Waals surface area contributed by atoms with Gasteiger partial charge in [-0.1, -0.05) is 30.3 Å². The molecule has 0 amide bonds. The third-order valence-electron chi connectivity index (χ3n) is 4.74. The van der Waals surface area contributed by atoms with Crippen LogP contribution in [0.5, 0.6) is 0 Å². The monoisotopic (exact) mass is 324 g/mol.